The van der Waals surface area contributed by atoms with Crippen LogP contribution in [0.4, 0.5) is 0 Å². The van der Waals surface area contributed by atoms with Gasteiger partial charge in [0.15, 0.2) is 0 Å². The Hall–Kier alpha value is 0.487. The van der Waals surface area contributed by atoms with Gasteiger partial charge in [-0.3, -0.25) is 0 Å². The number of ether oxygens (including phenoxy) is 2. The van der Waals surface area contributed by atoms with Crippen LogP contribution < -0.4 is 0 Å². The molecule has 1 unspecified atom stereocenters. The molecule has 0 spiro atoms. The summed E-state index contributed by atoms with van der Waals surface area (Å²) >= 11 is 3.97. The molecule has 0 aliphatic carbocycles. The third kappa shape index (κ3) is 4.96. The SMILES string of the molecule is COC(C)([Si])OCCS. The van der Waals surface area contributed by atoms with Crippen LogP contribution in [0.2, 0.25) is 0 Å². The molecule has 0 aliphatic heterocycles. The minimum Gasteiger partial charge on any atom is -0.358 e. The summed E-state index contributed by atoms with van der Waals surface area (Å²) in [6.07, 6.45) is 0. The highest BCUT2D eigenvalue weighted by Gasteiger charge is 2.14. The van der Waals surface area contributed by atoms with Crippen LogP contribution in [0.25, 0.3) is 0 Å². The van der Waals surface area contributed by atoms with Crippen molar-refractivity contribution in [1.82, 2.24) is 0 Å². The maximum absolute atomic E-state index is 5.14. The zero-order valence-corrected chi connectivity index (χ0v) is 7.57. The van der Waals surface area contributed by atoms with Gasteiger partial charge in [-0.15, -0.1) is 0 Å². The van der Waals surface area contributed by atoms with Crippen molar-refractivity contribution in [3.8, 4) is 0 Å². The van der Waals surface area contributed by atoms with Crippen LogP contribution in [0, 0.1) is 0 Å². The first-order chi connectivity index (χ1) is 4.12. The minimum atomic E-state index is -0.650. The zero-order chi connectivity index (χ0) is 7.33. The van der Waals surface area contributed by atoms with Gasteiger partial charge in [0, 0.05) is 12.9 Å². The van der Waals surface area contributed by atoms with Crippen LogP contribution in [0.5, 0.6) is 0 Å². The highest BCUT2D eigenvalue weighted by molar-refractivity contribution is 7.80. The molecule has 0 N–H and O–H groups in total. The van der Waals surface area contributed by atoms with E-state index >= 15 is 0 Å². The Morgan fingerprint density at radius 3 is 2.56 bits per heavy atom. The fourth-order valence-electron chi connectivity index (χ4n) is 0.299. The summed E-state index contributed by atoms with van der Waals surface area (Å²) in [4.78, 5) is 0. The molecule has 0 saturated heterocycles. The number of methoxy groups -OCH3 is 1. The quantitative estimate of drug-likeness (QED) is 0.368. The van der Waals surface area contributed by atoms with E-state index in [-0.39, 0.29) is 0 Å². The standard InChI is InChI=1S/C5H11O2SSi/c1-5(9,6-2)7-3-4-8/h8H,3-4H2,1-2H3. The van der Waals surface area contributed by atoms with Gasteiger partial charge in [0.25, 0.3) is 0 Å². The van der Waals surface area contributed by atoms with Crippen molar-refractivity contribution in [3.05, 3.63) is 0 Å². The highest BCUT2D eigenvalue weighted by Crippen LogP contribution is 2.03. The molecule has 0 aromatic carbocycles. The maximum atomic E-state index is 5.14. The smallest absolute Gasteiger partial charge is 0.141 e. The van der Waals surface area contributed by atoms with Crippen LogP contribution >= 0.6 is 12.6 Å². The van der Waals surface area contributed by atoms with E-state index < -0.39 is 5.41 Å². The predicted molar refractivity (Wildman–Crippen MR) is 41.0 cm³/mol. The lowest BCUT2D eigenvalue weighted by Gasteiger charge is -2.22. The molecule has 0 saturated carbocycles. The van der Waals surface area contributed by atoms with E-state index in [1.54, 1.807) is 14.0 Å². The van der Waals surface area contributed by atoms with Crippen molar-refractivity contribution in [3.63, 3.8) is 0 Å². The molecule has 4 heteroatoms. The molecule has 0 aliphatic rings. The summed E-state index contributed by atoms with van der Waals surface area (Å²) in [5.41, 5.74) is -0.650. The third-order valence-electron chi connectivity index (χ3n) is 0.858. The van der Waals surface area contributed by atoms with Crippen molar-refractivity contribution < 1.29 is 9.47 Å². The number of thiol groups is 1. The first-order valence-corrected chi connectivity index (χ1v) is 3.80. The number of hydrogen-bond donors (Lipinski definition) is 1. The van der Waals surface area contributed by atoms with E-state index in [1.165, 1.54) is 0 Å². The molecule has 2 nitrogen and oxygen atoms in total. The van der Waals surface area contributed by atoms with E-state index in [9.17, 15) is 0 Å². The van der Waals surface area contributed by atoms with Gasteiger partial charge < -0.3 is 9.47 Å². The van der Waals surface area contributed by atoms with Gasteiger partial charge in [0.2, 0.25) is 0 Å². The molecule has 0 fully saturated rings. The van der Waals surface area contributed by atoms with Crippen LogP contribution in [-0.2, 0) is 9.47 Å². The highest BCUT2D eigenvalue weighted by atomic mass is 32.1. The summed E-state index contributed by atoms with van der Waals surface area (Å²) in [6.45, 7) is 2.37. The lowest BCUT2D eigenvalue weighted by molar-refractivity contribution is -0.143. The molecular weight excluding hydrogens is 152 g/mol. The molecule has 0 aromatic rings. The van der Waals surface area contributed by atoms with Crippen LogP contribution in [0.3, 0.4) is 0 Å². The molecule has 3 radical (unpaired) electrons. The van der Waals surface area contributed by atoms with Gasteiger partial charge in [-0.1, -0.05) is 0 Å². The number of hydrogen-bond acceptors (Lipinski definition) is 3. The first kappa shape index (κ1) is 9.49. The average molecular weight is 163 g/mol. The molecule has 53 valence electrons. The zero-order valence-electron chi connectivity index (χ0n) is 5.68. The van der Waals surface area contributed by atoms with E-state index in [2.05, 4.69) is 22.9 Å². The summed E-state index contributed by atoms with van der Waals surface area (Å²) in [6, 6.07) is 0. The average Bonchev–Trinajstić information content (AvgIpc) is 1.84. The third-order valence-corrected chi connectivity index (χ3v) is 1.39. The monoisotopic (exact) mass is 163 g/mol. The molecule has 0 heterocycles. The van der Waals surface area contributed by atoms with E-state index in [0.717, 1.165) is 0 Å². The van der Waals surface area contributed by atoms with Crippen molar-refractivity contribution in [1.29, 1.82) is 0 Å². The molecule has 0 bridgehead atoms. The predicted octanol–water partition coefficient (Wildman–Crippen LogP) is 0.421. The Morgan fingerprint density at radius 2 is 2.22 bits per heavy atom. The largest absolute Gasteiger partial charge is 0.358 e. The van der Waals surface area contributed by atoms with Crippen molar-refractivity contribution in [2.75, 3.05) is 19.5 Å². The summed E-state index contributed by atoms with van der Waals surface area (Å²) in [5, 5.41) is 0. The molecule has 9 heavy (non-hydrogen) atoms. The maximum Gasteiger partial charge on any atom is 0.141 e. The molecule has 0 aromatic heterocycles. The molecule has 0 rings (SSSR count). The van der Waals surface area contributed by atoms with E-state index in [1.807, 2.05) is 0 Å². The Labute approximate surface area is 64.8 Å². The minimum absolute atomic E-state index is 0.580. The van der Waals surface area contributed by atoms with Crippen molar-refractivity contribution in [2.24, 2.45) is 0 Å². The molecular formula is C5H11O2SSi. The second-order valence-electron chi connectivity index (χ2n) is 1.72. The normalized spacial score (nSPS) is 17.3. The van der Waals surface area contributed by atoms with Crippen molar-refractivity contribution >= 4 is 22.9 Å². The second-order valence-corrected chi connectivity index (χ2v) is 3.08. The second kappa shape index (κ2) is 4.33. The Balaban J connectivity index is 3.33. The molecule has 0 amide bonds. The Morgan fingerprint density at radius 1 is 1.67 bits per heavy atom. The van der Waals surface area contributed by atoms with Gasteiger partial charge in [-0.05, 0) is 6.92 Å². The number of rotatable bonds is 4. The summed E-state index contributed by atoms with van der Waals surface area (Å²) in [7, 11) is 4.83. The first-order valence-electron chi connectivity index (χ1n) is 2.67. The van der Waals surface area contributed by atoms with E-state index in [0.29, 0.717) is 12.4 Å². The topological polar surface area (TPSA) is 18.5 Å². The van der Waals surface area contributed by atoms with Gasteiger partial charge in [-0.25, -0.2) is 0 Å². The van der Waals surface area contributed by atoms with Crippen LogP contribution in [-0.4, -0.2) is 35.1 Å². The van der Waals surface area contributed by atoms with Crippen LogP contribution in [0.1, 0.15) is 6.92 Å². The molecule has 1 atom stereocenters. The fourth-order valence-corrected chi connectivity index (χ4v) is 0.493. The lowest BCUT2D eigenvalue weighted by Crippen LogP contribution is -2.31. The van der Waals surface area contributed by atoms with Gasteiger partial charge >= 0.3 is 0 Å². The van der Waals surface area contributed by atoms with E-state index in [4.69, 9.17) is 9.47 Å². The summed E-state index contributed by atoms with van der Waals surface area (Å²) < 4.78 is 10.0. The Bertz CT molecular complexity index is 77.4. The summed E-state index contributed by atoms with van der Waals surface area (Å²) in [5.74, 6) is 0.698. The fraction of sp³-hybridized carbons (Fsp3) is 1.00. The lowest BCUT2D eigenvalue weighted by atomic mass is 10.7. The van der Waals surface area contributed by atoms with Crippen LogP contribution in [0.15, 0.2) is 0 Å². The van der Waals surface area contributed by atoms with Gasteiger partial charge in [0.1, 0.15) is 15.7 Å². The van der Waals surface area contributed by atoms with Gasteiger partial charge in [-0.2, -0.15) is 12.6 Å². The Kier molecular flexibility index (Phi) is 4.56. The van der Waals surface area contributed by atoms with Gasteiger partial charge in [0.05, 0.1) is 6.61 Å². The van der Waals surface area contributed by atoms with Crippen molar-refractivity contribution in [2.45, 2.75) is 12.3 Å².